The average Bonchev–Trinajstić information content (AvgIpc) is 3.18. The highest BCUT2D eigenvalue weighted by Gasteiger charge is 2.16. The summed E-state index contributed by atoms with van der Waals surface area (Å²) in [6, 6.07) is 25.0. The van der Waals surface area contributed by atoms with Crippen molar-refractivity contribution < 1.29 is 4.79 Å². The number of carbonyl (C=O) groups is 1. The minimum Gasteiger partial charge on any atom is -0.325 e. The van der Waals surface area contributed by atoms with E-state index >= 15 is 0 Å². The van der Waals surface area contributed by atoms with Crippen molar-refractivity contribution >= 4 is 46.6 Å². The summed E-state index contributed by atoms with van der Waals surface area (Å²) < 4.78 is 1.99. The molecule has 0 spiro atoms. The van der Waals surface area contributed by atoms with E-state index in [1.807, 2.05) is 53.1 Å². The lowest BCUT2D eigenvalue weighted by molar-refractivity contribution is -0.113. The zero-order chi connectivity index (χ0) is 21.6. The summed E-state index contributed by atoms with van der Waals surface area (Å²) in [7, 11) is 0. The largest absolute Gasteiger partial charge is 0.325 e. The molecule has 4 rings (SSSR count). The summed E-state index contributed by atoms with van der Waals surface area (Å²) >= 11 is 13.3. The van der Waals surface area contributed by atoms with Crippen molar-refractivity contribution in [3.05, 3.63) is 100 Å². The lowest BCUT2D eigenvalue weighted by atomic mass is 10.1. The Hall–Kier alpha value is -2.80. The van der Waals surface area contributed by atoms with Gasteiger partial charge in [-0.05, 0) is 35.9 Å². The second kappa shape index (κ2) is 10.0. The molecule has 5 nitrogen and oxygen atoms in total. The molecule has 0 unspecified atom stereocenters. The van der Waals surface area contributed by atoms with Crippen molar-refractivity contribution in [1.29, 1.82) is 0 Å². The summed E-state index contributed by atoms with van der Waals surface area (Å²) in [6.45, 7) is 0. The summed E-state index contributed by atoms with van der Waals surface area (Å²) in [5.41, 5.74) is 2.68. The van der Waals surface area contributed by atoms with E-state index in [9.17, 15) is 4.79 Å². The van der Waals surface area contributed by atoms with Crippen LogP contribution >= 0.6 is 35.0 Å². The van der Waals surface area contributed by atoms with Gasteiger partial charge in [-0.15, -0.1) is 10.2 Å². The van der Waals surface area contributed by atoms with E-state index in [1.54, 1.807) is 18.2 Å². The van der Waals surface area contributed by atoms with Crippen LogP contribution < -0.4 is 5.32 Å². The Morgan fingerprint density at radius 2 is 1.61 bits per heavy atom. The van der Waals surface area contributed by atoms with Crippen LogP contribution in [0.15, 0.2) is 84.0 Å². The number of carbonyl (C=O) groups excluding carboxylic acids is 1. The Bertz CT molecular complexity index is 1180. The SMILES string of the molecule is O=C(CSc1nnc(Cc2ccccc2)n1-c1ccccc1)Nc1ccc(Cl)c(Cl)c1. The maximum absolute atomic E-state index is 12.5. The first-order chi connectivity index (χ1) is 15.1. The van der Waals surface area contributed by atoms with E-state index in [0.717, 1.165) is 17.1 Å². The van der Waals surface area contributed by atoms with Crippen LogP contribution in [0.2, 0.25) is 10.0 Å². The monoisotopic (exact) mass is 468 g/mol. The van der Waals surface area contributed by atoms with Gasteiger partial charge >= 0.3 is 0 Å². The first-order valence-electron chi connectivity index (χ1n) is 9.51. The van der Waals surface area contributed by atoms with E-state index < -0.39 is 0 Å². The summed E-state index contributed by atoms with van der Waals surface area (Å²) in [4.78, 5) is 12.5. The molecule has 4 aromatic rings. The summed E-state index contributed by atoms with van der Waals surface area (Å²) in [5, 5.41) is 13.1. The molecule has 0 aliphatic carbocycles. The highest BCUT2D eigenvalue weighted by atomic mass is 35.5. The van der Waals surface area contributed by atoms with Crippen LogP contribution in [0.3, 0.4) is 0 Å². The fourth-order valence-corrected chi connectivity index (χ4v) is 4.09. The maximum Gasteiger partial charge on any atom is 0.234 e. The van der Waals surface area contributed by atoms with Crippen LogP contribution in [0.25, 0.3) is 5.69 Å². The number of hydrogen-bond donors (Lipinski definition) is 1. The third kappa shape index (κ3) is 5.47. The predicted octanol–water partition coefficient (Wildman–Crippen LogP) is 5.90. The van der Waals surface area contributed by atoms with Gasteiger partial charge in [0.25, 0.3) is 0 Å². The third-order valence-electron chi connectivity index (χ3n) is 4.46. The first-order valence-corrected chi connectivity index (χ1v) is 11.3. The highest BCUT2D eigenvalue weighted by Crippen LogP contribution is 2.26. The summed E-state index contributed by atoms with van der Waals surface area (Å²) in [6.07, 6.45) is 0.638. The van der Waals surface area contributed by atoms with Gasteiger partial charge in [-0.25, -0.2) is 0 Å². The van der Waals surface area contributed by atoms with Gasteiger partial charge in [0.1, 0.15) is 5.82 Å². The number of anilines is 1. The fourth-order valence-electron chi connectivity index (χ4n) is 3.02. The number of hydrogen-bond acceptors (Lipinski definition) is 4. The Morgan fingerprint density at radius 1 is 0.903 bits per heavy atom. The third-order valence-corrected chi connectivity index (χ3v) is 6.12. The number of nitrogens with one attached hydrogen (secondary N) is 1. The Balaban J connectivity index is 1.52. The van der Waals surface area contributed by atoms with Crippen molar-refractivity contribution in [1.82, 2.24) is 14.8 Å². The van der Waals surface area contributed by atoms with Gasteiger partial charge < -0.3 is 5.32 Å². The molecule has 0 aliphatic heterocycles. The molecule has 0 saturated carbocycles. The minimum absolute atomic E-state index is 0.171. The van der Waals surface area contributed by atoms with Crippen molar-refractivity contribution in [2.24, 2.45) is 0 Å². The molecule has 0 saturated heterocycles. The Morgan fingerprint density at radius 3 is 2.32 bits per heavy atom. The van der Waals surface area contributed by atoms with Gasteiger partial charge in [0.2, 0.25) is 5.91 Å². The molecule has 0 atom stereocenters. The zero-order valence-electron chi connectivity index (χ0n) is 16.3. The van der Waals surface area contributed by atoms with Crippen LogP contribution in [-0.2, 0) is 11.2 Å². The molecule has 0 fully saturated rings. The molecule has 0 aliphatic rings. The van der Waals surface area contributed by atoms with Gasteiger partial charge in [0.15, 0.2) is 5.16 Å². The predicted molar refractivity (Wildman–Crippen MR) is 126 cm³/mol. The minimum atomic E-state index is -0.171. The molecular formula is C23H18Cl2N4OS. The number of aromatic nitrogens is 3. The van der Waals surface area contributed by atoms with Crippen LogP contribution in [0.5, 0.6) is 0 Å². The Labute approximate surface area is 194 Å². The highest BCUT2D eigenvalue weighted by molar-refractivity contribution is 7.99. The van der Waals surface area contributed by atoms with E-state index in [4.69, 9.17) is 23.2 Å². The topological polar surface area (TPSA) is 59.8 Å². The number of benzene rings is 3. The standard InChI is InChI=1S/C23H18Cl2N4OS/c24-19-12-11-17(14-20(19)25)26-22(30)15-31-23-28-27-21(13-16-7-3-1-4-8-16)29(23)18-9-5-2-6-10-18/h1-12,14H,13,15H2,(H,26,30). The first kappa shape index (κ1) is 21.4. The molecule has 0 bridgehead atoms. The lowest BCUT2D eigenvalue weighted by Gasteiger charge is -2.10. The van der Waals surface area contributed by atoms with E-state index in [2.05, 4.69) is 27.6 Å². The van der Waals surface area contributed by atoms with Crippen LogP contribution in [0, 0.1) is 0 Å². The second-order valence-corrected chi connectivity index (χ2v) is 8.45. The fraction of sp³-hybridized carbons (Fsp3) is 0.0870. The number of amides is 1. The smallest absolute Gasteiger partial charge is 0.234 e. The summed E-state index contributed by atoms with van der Waals surface area (Å²) in [5.74, 6) is 0.816. The van der Waals surface area contributed by atoms with Crippen LogP contribution in [-0.4, -0.2) is 26.4 Å². The van der Waals surface area contributed by atoms with Crippen molar-refractivity contribution in [2.75, 3.05) is 11.1 Å². The van der Waals surface area contributed by atoms with Gasteiger partial charge in [-0.2, -0.15) is 0 Å². The van der Waals surface area contributed by atoms with E-state index in [1.165, 1.54) is 11.8 Å². The number of para-hydroxylation sites is 1. The normalized spacial score (nSPS) is 10.8. The molecule has 1 heterocycles. The number of rotatable bonds is 7. The van der Waals surface area contributed by atoms with Crippen LogP contribution in [0.1, 0.15) is 11.4 Å². The van der Waals surface area contributed by atoms with Crippen molar-refractivity contribution in [3.8, 4) is 5.69 Å². The lowest BCUT2D eigenvalue weighted by Crippen LogP contribution is -2.14. The van der Waals surface area contributed by atoms with Crippen LogP contribution in [0.4, 0.5) is 5.69 Å². The number of halogens is 2. The molecule has 3 aromatic carbocycles. The molecule has 8 heteroatoms. The molecule has 31 heavy (non-hydrogen) atoms. The molecule has 1 aromatic heterocycles. The molecule has 1 N–H and O–H groups in total. The molecule has 1 amide bonds. The Kier molecular flexibility index (Phi) is 6.92. The molecule has 0 radical (unpaired) electrons. The quantitative estimate of drug-likeness (QED) is 0.343. The van der Waals surface area contributed by atoms with E-state index in [-0.39, 0.29) is 11.7 Å². The van der Waals surface area contributed by atoms with Crippen molar-refractivity contribution in [2.45, 2.75) is 11.6 Å². The van der Waals surface area contributed by atoms with Gasteiger partial charge in [-0.1, -0.05) is 83.5 Å². The number of thioether (sulfide) groups is 1. The second-order valence-electron chi connectivity index (χ2n) is 6.70. The van der Waals surface area contributed by atoms with Gasteiger partial charge in [0.05, 0.1) is 15.8 Å². The van der Waals surface area contributed by atoms with Gasteiger partial charge in [0, 0.05) is 17.8 Å². The molecule has 156 valence electrons. The maximum atomic E-state index is 12.5. The zero-order valence-corrected chi connectivity index (χ0v) is 18.7. The number of nitrogens with zero attached hydrogens (tertiary/aromatic N) is 3. The average molecular weight is 469 g/mol. The van der Waals surface area contributed by atoms with E-state index in [0.29, 0.717) is 27.3 Å². The van der Waals surface area contributed by atoms with Gasteiger partial charge in [-0.3, -0.25) is 9.36 Å². The van der Waals surface area contributed by atoms with Crippen molar-refractivity contribution in [3.63, 3.8) is 0 Å². The molecular weight excluding hydrogens is 451 g/mol.